The van der Waals surface area contributed by atoms with Gasteiger partial charge in [-0.2, -0.15) is 0 Å². The van der Waals surface area contributed by atoms with Gasteiger partial charge in [-0.25, -0.2) is 4.98 Å². The zero-order chi connectivity index (χ0) is 16.7. The van der Waals surface area contributed by atoms with E-state index >= 15 is 0 Å². The van der Waals surface area contributed by atoms with Gasteiger partial charge in [0.05, 0.1) is 17.2 Å². The maximum Gasteiger partial charge on any atom is 0.261 e. The third-order valence-electron chi connectivity index (χ3n) is 4.25. The van der Waals surface area contributed by atoms with Crippen LogP contribution in [0, 0.1) is 0 Å². The Kier molecular flexibility index (Phi) is 3.86. The maximum atomic E-state index is 12.6. The first-order chi connectivity index (χ1) is 11.6. The molecule has 0 saturated heterocycles. The van der Waals surface area contributed by atoms with Gasteiger partial charge in [0.2, 0.25) is 5.91 Å². The topological polar surface area (TPSA) is 55.2 Å². The minimum absolute atomic E-state index is 0.00384. The minimum Gasteiger partial charge on any atom is -0.336 e. The standard InChI is InChI=1S/C17H14ClN3O2S/c18-12-1-2-13-14(7-12)19-10-21(17(13)23)9-16(22)20-5-3-15-11(8-20)4-6-24-15/h1-2,4,6-7,10H,3,5,8-9H2. The fourth-order valence-electron chi connectivity index (χ4n) is 2.95. The Hall–Kier alpha value is -2.18. The highest BCUT2D eigenvalue weighted by Gasteiger charge is 2.22. The van der Waals surface area contributed by atoms with Gasteiger partial charge in [0.1, 0.15) is 6.54 Å². The van der Waals surface area contributed by atoms with E-state index in [2.05, 4.69) is 16.4 Å². The number of nitrogens with zero attached hydrogens (tertiary/aromatic N) is 3. The van der Waals surface area contributed by atoms with Gasteiger partial charge in [0, 0.05) is 23.0 Å². The summed E-state index contributed by atoms with van der Waals surface area (Å²) in [4.78, 5) is 32.5. The number of amides is 1. The van der Waals surface area contributed by atoms with Crippen molar-refractivity contribution in [3.05, 3.63) is 61.8 Å². The van der Waals surface area contributed by atoms with Gasteiger partial charge in [-0.05, 0) is 41.6 Å². The molecular formula is C17H14ClN3O2S. The lowest BCUT2D eigenvalue weighted by Crippen LogP contribution is -2.39. The lowest BCUT2D eigenvalue weighted by atomic mass is 10.1. The molecule has 5 nitrogen and oxygen atoms in total. The number of carbonyl (C=O) groups excluding carboxylic acids is 1. The van der Waals surface area contributed by atoms with Crippen LogP contribution in [-0.2, 0) is 24.3 Å². The Balaban J connectivity index is 1.58. The minimum atomic E-state index is -0.224. The van der Waals surface area contributed by atoms with E-state index in [0.29, 0.717) is 29.0 Å². The van der Waals surface area contributed by atoms with Gasteiger partial charge in [0.25, 0.3) is 5.56 Å². The Morgan fingerprint density at radius 3 is 3.08 bits per heavy atom. The first-order valence-corrected chi connectivity index (χ1v) is 8.85. The average molecular weight is 360 g/mol. The number of benzene rings is 1. The second-order valence-corrected chi connectivity index (χ2v) is 7.21. The van der Waals surface area contributed by atoms with Crippen LogP contribution in [0.3, 0.4) is 0 Å². The van der Waals surface area contributed by atoms with Crippen LogP contribution in [0.4, 0.5) is 0 Å². The Bertz CT molecular complexity index is 995. The lowest BCUT2D eigenvalue weighted by Gasteiger charge is -2.27. The fourth-order valence-corrected chi connectivity index (χ4v) is 4.01. The van der Waals surface area contributed by atoms with Crippen LogP contribution in [0.2, 0.25) is 5.02 Å². The fraction of sp³-hybridized carbons (Fsp3) is 0.235. The molecule has 1 aromatic carbocycles. The molecule has 0 bridgehead atoms. The second-order valence-electron chi connectivity index (χ2n) is 5.77. The van der Waals surface area contributed by atoms with Crippen LogP contribution in [0.25, 0.3) is 10.9 Å². The van der Waals surface area contributed by atoms with E-state index in [0.717, 1.165) is 6.42 Å². The van der Waals surface area contributed by atoms with E-state index in [1.807, 2.05) is 0 Å². The molecule has 0 unspecified atom stereocenters. The smallest absolute Gasteiger partial charge is 0.261 e. The molecule has 0 atom stereocenters. The molecule has 0 aliphatic carbocycles. The number of aromatic nitrogens is 2. The molecule has 0 saturated carbocycles. The summed E-state index contributed by atoms with van der Waals surface area (Å²) in [5.41, 5.74) is 1.52. The highest BCUT2D eigenvalue weighted by atomic mass is 35.5. The number of hydrogen-bond acceptors (Lipinski definition) is 4. The SMILES string of the molecule is O=C(Cn1cnc2cc(Cl)ccc2c1=O)N1CCc2sccc2C1. The lowest BCUT2D eigenvalue weighted by molar-refractivity contribution is -0.132. The van der Waals surface area contributed by atoms with Crippen molar-refractivity contribution in [2.45, 2.75) is 19.5 Å². The van der Waals surface area contributed by atoms with Crippen molar-refractivity contribution in [1.82, 2.24) is 14.5 Å². The molecule has 1 aliphatic rings. The molecule has 3 heterocycles. The highest BCUT2D eigenvalue weighted by Crippen LogP contribution is 2.24. The van der Waals surface area contributed by atoms with Crippen LogP contribution in [0.5, 0.6) is 0 Å². The summed E-state index contributed by atoms with van der Waals surface area (Å²) in [5, 5.41) is 3.05. The highest BCUT2D eigenvalue weighted by molar-refractivity contribution is 7.10. The molecule has 4 rings (SSSR count). The summed E-state index contributed by atoms with van der Waals surface area (Å²) >= 11 is 7.65. The van der Waals surface area contributed by atoms with Crippen molar-refractivity contribution in [3.63, 3.8) is 0 Å². The van der Waals surface area contributed by atoms with Crippen LogP contribution in [-0.4, -0.2) is 26.9 Å². The molecule has 3 aromatic rings. The number of fused-ring (bicyclic) bond motifs is 2. The molecule has 7 heteroatoms. The molecule has 1 aliphatic heterocycles. The van der Waals surface area contributed by atoms with Crippen molar-refractivity contribution >= 4 is 39.7 Å². The van der Waals surface area contributed by atoms with Crippen LogP contribution >= 0.6 is 22.9 Å². The molecule has 0 spiro atoms. The quantitative estimate of drug-likeness (QED) is 0.707. The molecular weight excluding hydrogens is 346 g/mol. The van der Waals surface area contributed by atoms with Crippen molar-refractivity contribution in [3.8, 4) is 0 Å². The first-order valence-electron chi connectivity index (χ1n) is 7.59. The summed E-state index contributed by atoms with van der Waals surface area (Å²) in [6, 6.07) is 7.01. The third-order valence-corrected chi connectivity index (χ3v) is 5.51. The van der Waals surface area contributed by atoms with Gasteiger partial charge in [-0.1, -0.05) is 11.6 Å². The van der Waals surface area contributed by atoms with Crippen molar-refractivity contribution in [2.24, 2.45) is 0 Å². The average Bonchev–Trinajstić information content (AvgIpc) is 3.05. The second kappa shape index (κ2) is 6.03. The molecule has 0 N–H and O–H groups in total. The number of carbonyl (C=O) groups is 1. The van der Waals surface area contributed by atoms with Crippen molar-refractivity contribution in [1.29, 1.82) is 0 Å². The third kappa shape index (κ3) is 2.72. The molecule has 24 heavy (non-hydrogen) atoms. The maximum absolute atomic E-state index is 12.6. The van der Waals surface area contributed by atoms with Gasteiger partial charge >= 0.3 is 0 Å². The van der Waals surface area contributed by atoms with E-state index < -0.39 is 0 Å². The molecule has 2 aromatic heterocycles. The predicted octanol–water partition coefficient (Wildman–Crippen LogP) is 2.70. The summed E-state index contributed by atoms with van der Waals surface area (Å²) in [6.07, 6.45) is 2.29. The van der Waals surface area contributed by atoms with Crippen molar-refractivity contribution in [2.75, 3.05) is 6.54 Å². The predicted molar refractivity (Wildman–Crippen MR) is 94.5 cm³/mol. The Labute approximate surface area is 147 Å². The summed E-state index contributed by atoms with van der Waals surface area (Å²) in [7, 11) is 0. The van der Waals surface area contributed by atoms with E-state index in [-0.39, 0.29) is 18.0 Å². The summed E-state index contributed by atoms with van der Waals surface area (Å²) in [6.45, 7) is 1.31. The van der Waals surface area contributed by atoms with Crippen LogP contribution < -0.4 is 5.56 Å². The monoisotopic (exact) mass is 359 g/mol. The Morgan fingerprint density at radius 2 is 2.21 bits per heavy atom. The largest absolute Gasteiger partial charge is 0.336 e. The number of hydrogen-bond donors (Lipinski definition) is 0. The van der Waals surface area contributed by atoms with Crippen molar-refractivity contribution < 1.29 is 4.79 Å². The van der Waals surface area contributed by atoms with E-state index in [9.17, 15) is 9.59 Å². The van der Waals surface area contributed by atoms with Crippen LogP contribution in [0.15, 0.2) is 40.8 Å². The zero-order valence-electron chi connectivity index (χ0n) is 12.7. The molecule has 1 amide bonds. The molecule has 0 radical (unpaired) electrons. The van der Waals surface area contributed by atoms with E-state index in [1.54, 1.807) is 34.4 Å². The Morgan fingerprint density at radius 1 is 1.33 bits per heavy atom. The molecule has 122 valence electrons. The number of halogens is 1. The molecule has 0 fully saturated rings. The van der Waals surface area contributed by atoms with Crippen LogP contribution in [0.1, 0.15) is 10.4 Å². The summed E-state index contributed by atoms with van der Waals surface area (Å²) < 4.78 is 1.36. The number of rotatable bonds is 2. The van der Waals surface area contributed by atoms with Gasteiger partial charge in [-0.15, -0.1) is 11.3 Å². The van der Waals surface area contributed by atoms with E-state index in [4.69, 9.17) is 11.6 Å². The summed E-state index contributed by atoms with van der Waals surface area (Å²) in [5.74, 6) is -0.0657. The van der Waals surface area contributed by atoms with Gasteiger partial charge < -0.3 is 4.90 Å². The number of thiophene rings is 1. The van der Waals surface area contributed by atoms with E-state index in [1.165, 1.54) is 21.3 Å². The van der Waals surface area contributed by atoms with Gasteiger partial charge in [0.15, 0.2) is 0 Å². The first kappa shape index (κ1) is 15.4. The normalized spacial score (nSPS) is 14.0. The zero-order valence-corrected chi connectivity index (χ0v) is 14.3. The van der Waals surface area contributed by atoms with Gasteiger partial charge in [-0.3, -0.25) is 14.2 Å².